The first kappa shape index (κ1) is 35.8. The van der Waals surface area contributed by atoms with Crippen molar-refractivity contribution >= 4 is 16.8 Å². The number of fused-ring (bicyclic) bond motifs is 1. The van der Waals surface area contributed by atoms with Gasteiger partial charge in [-0.3, -0.25) is 9.59 Å². The average molecular weight is 741 g/mol. The molecule has 12 nitrogen and oxygen atoms in total. The molecule has 1 heterocycles. The van der Waals surface area contributed by atoms with Crippen molar-refractivity contribution in [1.29, 1.82) is 0 Å². The minimum atomic E-state index is -1.65. The molecule has 12 heteroatoms. The molecule has 276 valence electrons. The fourth-order valence-electron chi connectivity index (χ4n) is 7.08. The molecule has 1 unspecified atom stereocenters. The number of ketones is 1. The van der Waals surface area contributed by atoms with Crippen LogP contribution in [-0.4, -0.2) is 51.7 Å². The maximum Gasteiger partial charge on any atom is 0.200 e. The third kappa shape index (κ3) is 6.64. The van der Waals surface area contributed by atoms with Gasteiger partial charge in [0.2, 0.25) is 0 Å². The Morgan fingerprint density at radius 3 is 1.35 bits per heavy atom. The average Bonchev–Trinajstić information content (AvgIpc) is 3.14. The van der Waals surface area contributed by atoms with Crippen LogP contribution < -0.4 is 5.43 Å². The second-order valence-corrected chi connectivity index (χ2v) is 13.0. The summed E-state index contributed by atoms with van der Waals surface area (Å²) >= 11 is 0. The van der Waals surface area contributed by atoms with E-state index in [1.54, 1.807) is 24.3 Å². The lowest BCUT2D eigenvalue weighted by Gasteiger charge is -2.28. The fraction of sp³-hybridized carbons (Fsp3) is 0.0698. The predicted molar refractivity (Wildman–Crippen MR) is 200 cm³/mol. The highest BCUT2D eigenvalue weighted by Gasteiger charge is 2.39. The van der Waals surface area contributed by atoms with E-state index >= 15 is 0 Å². The van der Waals surface area contributed by atoms with Gasteiger partial charge >= 0.3 is 0 Å². The van der Waals surface area contributed by atoms with Crippen molar-refractivity contribution in [3.8, 4) is 51.7 Å². The monoisotopic (exact) mass is 740 g/mol. The van der Waals surface area contributed by atoms with Crippen LogP contribution in [0.3, 0.4) is 0 Å². The van der Waals surface area contributed by atoms with Crippen LogP contribution in [0.4, 0.5) is 0 Å². The third-order valence-corrected chi connectivity index (χ3v) is 9.59. The molecular formula is C43H32O12. The lowest BCUT2D eigenvalue weighted by Crippen LogP contribution is -2.27. The van der Waals surface area contributed by atoms with Crippen molar-refractivity contribution in [2.75, 3.05) is 0 Å². The van der Waals surface area contributed by atoms with Crippen molar-refractivity contribution in [3.05, 3.63) is 171 Å². The molecule has 0 fully saturated rings. The Labute approximate surface area is 311 Å². The summed E-state index contributed by atoms with van der Waals surface area (Å²) < 4.78 is 6.18. The van der Waals surface area contributed by atoms with Gasteiger partial charge in [0.25, 0.3) is 0 Å². The molecule has 0 bridgehead atoms. The van der Waals surface area contributed by atoms with Crippen LogP contribution in [0.1, 0.15) is 61.5 Å². The van der Waals surface area contributed by atoms with Crippen LogP contribution >= 0.6 is 0 Å². The molecule has 9 N–H and O–H groups in total. The summed E-state index contributed by atoms with van der Waals surface area (Å²) in [5.41, 5.74) is -0.374. The summed E-state index contributed by atoms with van der Waals surface area (Å²) in [5, 5.41) is 94.5. The molecule has 0 aliphatic heterocycles. The number of phenolic OH excluding ortho intramolecular Hbond substituents is 9. The maximum atomic E-state index is 14.9. The van der Waals surface area contributed by atoms with E-state index in [2.05, 4.69) is 0 Å². The topological polar surface area (TPSA) is 229 Å². The van der Waals surface area contributed by atoms with E-state index in [-0.39, 0.29) is 39.7 Å². The second-order valence-electron chi connectivity index (χ2n) is 13.0. The third-order valence-electron chi connectivity index (χ3n) is 9.59. The molecule has 0 amide bonds. The van der Waals surface area contributed by atoms with Crippen LogP contribution in [0, 0.1) is 0 Å². The van der Waals surface area contributed by atoms with Gasteiger partial charge in [0.1, 0.15) is 68.3 Å². The highest BCUT2D eigenvalue weighted by atomic mass is 16.3. The first-order valence-electron chi connectivity index (χ1n) is 16.8. The normalized spacial score (nSPS) is 12.0. The van der Waals surface area contributed by atoms with Crippen molar-refractivity contribution in [2.24, 2.45) is 0 Å². The van der Waals surface area contributed by atoms with Gasteiger partial charge in [0.15, 0.2) is 11.2 Å². The Hall–Kier alpha value is -7.60. The Balaban J connectivity index is 1.54. The summed E-state index contributed by atoms with van der Waals surface area (Å²) in [6.45, 7) is 0. The Morgan fingerprint density at radius 1 is 0.491 bits per heavy atom. The zero-order valence-corrected chi connectivity index (χ0v) is 28.5. The summed E-state index contributed by atoms with van der Waals surface area (Å²) in [6, 6.07) is 26.1. The number of hydrogen-bond donors (Lipinski definition) is 9. The molecule has 7 aromatic rings. The van der Waals surface area contributed by atoms with Gasteiger partial charge in [0.05, 0.1) is 12.2 Å². The smallest absolute Gasteiger partial charge is 0.200 e. The number of rotatable bonds is 9. The molecule has 1 aromatic heterocycles. The SMILES string of the molecule is O=C(c1c(O)cc(O)cc1O)C(c1coc2c(C(c3ccc(O)cc3)c3ccc(O)cc3)c(O)cc(O)c2c1=O)C(c1ccc(O)cc1)c1ccc(O)cc1. The van der Waals surface area contributed by atoms with Gasteiger partial charge in [-0.1, -0.05) is 48.5 Å². The largest absolute Gasteiger partial charge is 0.508 e. The van der Waals surface area contributed by atoms with Crippen LogP contribution in [0.15, 0.2) is 131 Å². The first-order valence-corrected chi connectivity index (χ1v) is 16.8. The molecule has 0 aliphatic carbocycles. The molecule has 6 aromatic carbocycles. The van der Waals surface area contributed by atoms with Gasteiger partial charge in [-0.05, 0) is 70.8 Å². The number of carbonyl (C=O) groups is 1. The summed E-state index contributed by atoms with van der Waals surface area (Å²) in [4.78, 5) is 29.7. The van der Waals surface area contributed by atoms with Crippen LogP contribution in [0.25, 0.3) is 11.0 Å². The number of aromatic hydroxyl groups is 9. The number of hydrogen-bond acceptors (Lipinski definition) is 12. The van der Waals surface area contributed by atoms with Gasteiger partial charge in [-0.2, -0.15) is 0 Å². The highest BCUT2D eigenvalue weighted by Crippen LogP contribution is 2.47. The zero-order valence-electron chi connectivity index (χ0n) is 28.5. The van der Waals surface area contributed by atoms with E-state index in [0.29, 0.717) is 22.3 Å². The Kier molecular flexibility index (Phi) is 9.17. The lowest BCUT2D eigenvalue weighted by atomic mass is 9.73. The summed E-state index contributed by atoms with van der Waals surface area (Å²) in [6.07, 6.45) is 0.989. The summed E-state index contributed by atoms with van der Waals surface area (Å²) in [5.74, 6) is -8.30. The van der Waals surface area contributed by atoms with Gasteiger partial charge in [-0.15, -0.1) is 0 Å². The molecule has 1 atom stereocenters. The van der Waals surface area contributed by atoms with E-state index in [0.717, 1.165) is 24.5 Å². The van der Waals surface area contributed by atoms with Gasteiger partial charge in [0, 0.05) is 41.2 Å². The number of carbonyl (C=O) groups excluding carboxylic acids is 1. The highest BCUT2D eigenvalue weighted by molar-refractivity contribution is 6.06. The van der Waals surface area contributed by atoms with Crippen LogP contribution in [0.5, 0.6) is 51.7 Å². The van der Waals surface area contributed by atoms with E-state index in [1.807, 2.05) is 0 Å². The number of benzene rings is 6. The fourth-order valence-corrected chi connectivity index (χ4v) is 7.08. The molecule has 0 saturated heterocycles. The zero-order chi connectivity index (χ0) is 39.1. The maximum absolute atomic E-state index is 14.9. The molecule has 55 heavy (non-hydrogen) atoms. The molecule has 0 aliphatic rings. The Morgan fingerprint density at radius 2 is 0.909 bits per heavy atom. The first-order chi connectivity index (χ1) is 26.3. The standard InChI is InChI=1S/C43H32O12/c44-25-9-1-21(2-10-25)35(22-3-11-26(45)12-4-22)37(42(54)38-31(49)17-29(48)18-32(38)50)30-20-55-43-39(33(51)19-34(52)40(43)41(30)53)36(23-5-13-27(46)14-6-23)24-7-15-28(47)16-8-24/h1-20,35-37,44-52H. The number of phenols is 9. The van der Waals surface area contributed by atoms with Gasteiger partial charge < -0.3 is 50.4 Å². The van der Waals surface area contributed by atoms with E-state index in [9.17, 15) is 55.5 Å². The molecule has 0 spiro atoms. The molecule has 0 saturated carbocycles. The van der Waals surface area contributed by atoms with E-state index in [4.69, 9.17) is 4.42 Å². The van der Waals surface area contributed by atoms with Gasteiger partial charge in [-0.25, -0.2) is 0 Å². The van der Waals surface area contributed by atoms with Crippen LogP contribution in [-0.2, 0) is 0 Å². The van der Waals surface area contributed by atoms with Crippen molar-refractivity contribution in [3.63, 3.8) is 0 Å². The molecule has 0 radical (unpaired) electrons. The minimum Gasteiger partial charge on any atom is -0.508 e. The minimum absolute atomic E-state index is 0.0261. The van der Waals surface area contributed by atoms with Crippen molar-refractivity contribution in [2.45, 2.75) is 17.8 Å². The lowest BCUT2D eigenvalue weighted by molar-refractivity contribution is 0.0944. The molecule has 7 rings (SSSR count). The van der Waals surface area contributed by atoms with Crippen molar-refractivity contribution < 1.29 is 55.2 Å². The van der Waals surface area contributed by atoms with Crippen LogP contribution in [0.2, 0.25) is 0 Å². The molecular weight excluding hydrogens is 708 g/mol. The van der Waals surface area contributed by atoms with E-state index < -0.39 is 68.7 Å². The van der Waals surface area contributed by atoms with Crippen molar-refractivity contribution in [1.82, 2.24) is 0 Å². The van der Waals surface area contributed by atoms with E-state index in [1.165, 1.54) is 72.8 Å². The predicted octanol–water partition coefficient (Wildman–Crippen LogP) is 7.12. The summed E-state index contributed by atoms with van der Waals surface area (Å²) in [7, 11) is 0. The number of Topliss-reactive ketones (excluding diaryl/α,β-unsaturated/α-hetero) is 1. The second kappa shape index (κ2) is 14.1. The quantitative estimate of drug-likeness (QED) is 0.0532. The Bertz CT molecular complexity index is 2500.